The molecule has 0 saturated heterocycles. The standard InChI is InChI=1S/C2H5O.K.2O.Ti/c1-2-3;;;;/h2H2,1H3;;;;/q-1;+1;;-1;+1. The quantitative estimate of drug-likeness (QED) is 0.393. The van der Waals surface area contributed by atoms with Crippen LogP contribution in [-0.4, -0.2) is 6.61 Å². The Morgan fingerprint density at radius 1 is 1.86 bits per heavy atom. The van der Waals surface area contributed by atoms with E-state index in [0.29, 0.717) is 0 Å². The average molecular weight is 164 g/mol. The largest absolute Gasteiger partial charge is 1.00 e. The minimum atomic E-state index is -3.38. The first-order chi connectivity index (χ1) is 2.77. The van der Waals surface area contributed by atoms with Crippen molar-refractivity contribution in [1.29, 1.82) is 0 Å². The molecule has 0 saturated carbocycles. The summed E-state index contributed by atoms with van der Waals surface area (Å²) in [6, 6.07) is 0. The van der Waals surface area contributed by atoms with Crippen molar-refractivity contribution in [3.05, 3.63) is 0 Å². The molecule has 0 fully saturated rings. The molecular formula is C2H5KO3Ti. The molecule has 0 aromatic carbocycles. The molecule has 0 radical (unpaired) electrons. The molecule has 0 aliphatic heterocycles. The molecule has 0 aromatic rings. The van der Waals surface area contributed by atoms with Gasteiger partial charge in [0.2, 0.25) is 0 Å². The third-order valence-corrected chi connectivity index (χ3v) is 1.08. The molecule has 0 N–H and O–H groups in total. The van der Waals surface area contributed by atoms with Gasteiger partial charge in [0.15, 0.2) is 0 Å². The Morgan fingerprint density at radius 3 is 2.29 bits per heavy atom. The summed E-state index contributed by atoms with van der Waals surface area (Å²) in [6.07, 6.45) is 0. The first-order valence-corrected chi connectivity index (χ1v) is 3.52. The molecular weight excluding hydrogens is 159 g/mol. The topological polar surface area (TPSA) is 49.4 Å². The number of hydrogen-bond acceptors (Lipinski definition) is 3. The second kappa shape index (κ2) is 8.07. The van der Waals surface area contributed by atoms with Crippen molar-refractivity contribution in [2.45, 2.75) is 6.92 Å². The van der Waals surface area contributed by atoms with Crippen LogP contribution in [-0.2, 0) is 25.3 Å². The second-order valence-electron chi connectivity index (χ2n) is 0.683. The third-order valence-electron chi connectivity index (χ3n) is 0.262. The zero-order chi connectivity index (χ0) is 4.99. The second-order valence-corrected chi connectivity index (χ2v) is 1.91. The molecule has 0 atom stereocenters. The van der Waals surface area contributed by atoms with Gasteiger partial charge in [0.25, 0.3) is 0 Å². The molecule has 0 aromatic heterocycles. The molecule has 0 heterocycles. The fourth-order valence-electron chi connectivity index (χ4n) is 0.118. The molecule has 0 amide bonds. The monoisotopic (exact) mass is 164 g/mol. The van der Waals surface area contributed by atoms with E-state index < -0.39 is 18.6 Å². The summed E-state index contributed by atoms with van der Waals surface area (Å²) in [7, 11) is 0. The fraction of sp³-hybridized carbons (Fsp3) is 1.00. The summed E-state index contributed by atoms with van der Waals surface area (Å²) >= 11 is -3.38. The normalized spacial score (nSPS) is 7.14. The van der Waals surface area contributed by atoms with Gasteiger partial charge in [-0.05, 0) is 0 Å². The first kappa shape index (κ1) is 11.8. The van der Waals surface area contributed by atoms with E-state index in [-0.39, 0.29) is 58.0 Å². The Labute approximate surface area is 92.0 Å². The van der Waals surface area contributed by atoms with Gasteiger partial charge in [-0.2, -0.15) is 0 Å². The van der Waals surface area contributed by atoms with Gasteiger partial charge in [-0.25, -0.2) is 0 Å². The van der Waals surface area contributed by atoms with Crippen LogP contribution in [0.25, 0.3) is 0 Å². The van der Waals surface area contributed by atoms with Crippen molar-refractivity contribution >= 4 is 0 Å². The van der Waals surface area contributed by atoms with Crippen molar-refractivity contribution in [1.82, 2.24) is 0 Å². The van der Waals surface area contributed by atoms with E-state index in [4.69, 9.17) is 0 Å². The SMILES string of the molecule is CC[O][Ti](=[O])[O-].[K+]. The summed E-state index contributed by atoms with van der Waals surface area (Å²) < 4.78 is 23.1. The molecule has 0 bridgehead atoms. The smallest absolute Gasteiger partial charge is 1.00 e. The summed E-state index contributed by atoms with van der Waals surface area (Å²) in [5.41, 5.74) is 0. The molecule has 0 aliphatic carbocycles. The van der Waals surface area contributed by atoms with Crippen molar-refractivity contribution in [3.63, 3.8) is 0 Å². The molecule has 0 aliphatic rings. The van der Waals surface area contributed by atoms with Crippen LogP contribution in [0.3, 0.4) is 0 Å². The fourth-order valence-corrected chi connectivity index (χ4v) is 0.486. The average Bonchev–Trinajstić information content (AvgIpc) is 1.35. The maximum Gasteiger partial charge on any atom is 1.00 e. The maximum absolute atomic E-state index is 9.52. The Balaban J connectivity index is 0. The van der Waals surface area contributed by atoms with E-state index in [9.17, 15) is 7.01 Å². The Kier molecular flexibility index (Phi) is 13.6. The van der Waals surface area contributed by atoms with Crippen LogP contribution in [0, 0.1) is 0 Å². The van der Waals surface area contributed by atoms with Gasteiger partial charge < -0.3 is 0 Å². The molecule has 5 heteroatoms. The van der Waals surface area contributed by atoms with Gasteiger partial charge >= 0.3 is 93.9 Å². The number of rotatable bonds is 2. The van der Waals surface area contributed by atoms with Crippen LogP contribution in [0.1, 0.15) is 6.92 Å². The van der Waals surface area contributed by atoms with Gasteiger partial charge in [0.1, 0.15) is 0 Å². The van der Waals surface area contributed by atoms with Gasteiger partial charge in [-0.1, -0.05) is 0 Å². The van der Waals surface area contributed by atoms with Crippen molar-refractivity contribution in [3.8, 4) is 0 Å². The van der Waals surface area contributed by atoms with Crippen LogP contribution in [0.15, 0.2) is 0 Å². The minimum Gasteiger partial charge on any atom is 1.00 e. The summed E-state index contributed by atoms with van der Waals surface area (Å²) in [6.45, 7) is 1.92. The van der Waals surface area contributed by atoms with Gasteiger partial charge in [-0.15, -0.1) is 0 Å². The predicted molar refractivity (Wildman–Crippen MR) is 12.3 cm³/mol. The Hall–Kier alpha value is 2.07. The van der Waals surface area contributed by atoms with Crippen LogP contribution in [0.2, 0.25) is 0 Å². The molecule has 0 rings (SSSR count). The zero-order valence-electron chi connectivity index (χ0n) is 4.43. The van der Waals surface area contributed by atoms with E-state index in [1.807, 2.05) is 0 Å². The third kappa shape index (κ3) is 11.6. The van der Waals surface area contributed by atoms with Crippen LogP contribution < -0.4 is 55.1 Å². The van der Waals surface area contributed by atoms with Crippen molar-refractivity contribution in [2.75, 3.05) is 6.61 Å². The van der Waals surface area contributed by atoms with Gasteiger partial charge in [0, 0.05) is 0 Å². The molecule has 36 valence electrons. The van der Waals surface area contributed by atoms with E-state index in [0.717, 1.165) is 0 Å². The van der Waals surface area contributed by atoms with Crippen molar-refractivity contribution in [2.24, 2.45) is 0 Å². The van der Waals surface area contributed by atoms with Crippen LogP contribution >= 0.6 is 0 Å². The molecule has 3 nitrogen and oxygen atoms in total. The molecule has 0 unspecified atom stereocenters. The van der Waals surface area contributed by atoms with E-state index in [2.05, 4.69) is 3.32 Å². The summed E-state index contributed by atoms with van der Waals surface area (Å²) in [5.74, 6) is 0. The number of hydrogen-bond donors (Lipinski definition) is 0. The summed E-state index contributed by atoms with van der Waals surface area (Å²) in [5, 5.41) is 0. The van der Waals surface area contributed by atoms with E-state index in [1.165, 1.54) is 0 Å². The van der Waals surface area contributed by atoms with E-state index in [1.54, 1.807) is 6.92 Å². The first-order valence-electron chi connectivity index (χ1n) is 1.61. The van der Waals surface area contributed by atoms with Crippen molar-refractivity contribution < 1.29 is 80.3 Å². The molecule has 0 spiro atoms. The molecule has 7 heavy (non-hydrogen) atoms. The minimum absolute atomic E-state index is 0. The van der Waals surface area contributed by atoms with Crippen LogP contribution in [0.5, 0.6) is 0 Å². The zero-order valence-corrected chi connectivity index (χ0v) is 9.12. The van der Waals surface area contributed by atoms with Gasteiger partial charge in [0.05, 0.1) is 0 Å². The maximum atomic E-state index is 9.52. The summed E-state index contributed by atoms with van der Waals surface area (Å²) in [4.78, 5) is 0. The predicted octanol–water partition coefficient (Wildman–Crippen LogP) is -3.82. The van der Waals surface area contributed by atoms with Crippen LogP contribution in [0.4, 0.5) is 0 Å². The Morgan fingerprint density at radius 2 is 2.29 bits per heavy atom. The van der Waals surface area contributed by atoms with E-state index >= 15 is 0 Å². The van der Waals surface area contributed by atoms with Gasteiger partial charge in [-0.3, -0.25) is 0 Å². The Bertz CT molecular complexity index is 56.9.